The predicted octanol–water partition coefficient (Wildman–Crippen LogP) is 3.07. The van der Waals surface area contributed by atoms with E-state index < -0.39 is 0 Å². The molecular formula is C17H25NO. The summed E-state index contributed by atoms with van der Waals surface area (Å²) in [4.78, 5) is 14.3. The summed E-state index contributed by atoms with van der Waals surface area (Å²) in [5, 5.41) is 0. The monoisotopic (exact) mass is 259 g/mol. The topological polar surface area (TPSA) is 20.3 Å². The number of hydrogen-bond acceptors (Lipinski definition) is 1. The van der Waals surface area contributed by atoms with Crippen molar-refractivity contribution in [2.75, 3.05) is 13.1 Å². The minimum absolute atomic E-state index is 0.294. The van der Waals surface area contributed by atoms with Crippen molar-refractivity contribution in [2.45, 2.75) is 51.9 Å². The Morgan fingerprint density at radius 1 is 1.21 bits per heavy atom. The molecule has 0 heterocycles. The Labute approximate surface area is 116 Å². The summed E-state index contributed by atoms with van der Waals surface area (Å²) in [5.41, 5.74) is 0.341. The fourth-order valence-corrected chi connectivity index (χ4v) is 5.43. The number of carbonyl (C=O) groups excluding carboxylic acids is 1. The Morgan fingerprint density at radius 3 is 2.16 bits per heavy atom. The molecule has 1 amide bonds. The first kappa shape index (κ1) is 13.0. The van der Waals surface area contributed by atoms with Crippen molar-refractivity contribution in [3.63, 3.8) is 0 Å². The van der Waals surface area contributed by atoms with Crippen LogP contribution in [0.15, 0.2) is 0 Å². The molecule has 0 atom stereocenters. The maximum Gasteiger partial charge on any atom is 0.223 e. The van der Waals surface area contributed by atoms with E-state index in [1.807, 2.05) is 11.8 Å². The van der Waals surface area contributed by atoms with E-state index in [0.29, 0.717) is 17.9 Å². The smallest absolute Gasteiger partial charge is 0.223 e. The van der Waals surface area contributed by atoms with E-state index in [1.165, 1.54) is 38.5 Å². The molecule has 4 bridgehead atoms. The highest BCUT2D eigenvalue weighted by Gasteiger charge is 2.51. The summed E-state index contributed by atoms with van der Waals surface area (Å²) in [6.45, 7) is 3.24. The SMILES string of the molecule is C#CCN(CC)C(=O)CC12CC3CC(CC(C3)C1)C2. The van der Waals surface area contributed by atoms with Gasteiger partial charge in [-0.15, -0.1) is 6.42 Å². The number of nitrogens with zero attached hydrogens (tertiary/aromatic N) is 1. The van der Waals surface area contributed by atoms with Crippen LogP contribution in [0.3, 0.4) is 0 Å². The van der Waals surface area contributed by atoms with Crippen LogP contribution in [0.5, 0.6) is 0 Å². The lowest BCUT2D eigenvalue weighted by Gasteiger charge is -2.57. The zero-order chi connectivity index (χ0) is 13.5. The number of terminal acetylenes is 1. The van der Waals surface area contributed by atoms with Crippen LogP contribution in [-0.4, -0.2) is 23.9 Å². The van der Waals surface area contributed by atoms with Crippen LogP contribution in [0.25, 0.3) is 0 Å². The third-order valence-corrected chi connectivity index (χ3v) is 5.71. The Bertz CT molecular complexity index is 371. The number of amides is 1. The van der Waals surface area contributed by atoms with Crippen molar-refractivity contribution < 1.29 is 4.79 Å². The van der Waals surface area contributed by atoms with Crippen molar-refractivity contribution in [3.8, 4) is 12.3 Å². The zero-order valence-corrected chi connectivity index (χ0v) is 12.0. The van der Waals surface area contributed by atoms with Gasteiger partial charge < -0.3 is 4.90 Å². The van der Waals surface area contributed by atoms with Crippen LogP contribution >= 0.6 is 0 Å². The molecule has 0 spiro atoms. The van der Waals surface area contributed by atoms with Crippen molar-refractivity contribution in [2.24, 2.45) is 23.2 Å². The molecule has 0 aromatic carbocycles. The normalized spacial score (nSPS) is 39.1. The third-order valence-electron chi connectivity index (χ3n) is 5.71. The second-order valence-corrected chi connectivity index (χ2v) is 7.21. The molecular weight excluding hydrogens is 234 g/mol. The van der Waals surface area contributed by atoms with Gasteiger partial charge in [0.1, 0.15) is 0 Å². The molecule has 0 aromatic rings. The Kier molecular flexibility index (Phi) is 3.33. The molecule has 2 nitrogen and oxygen atoms in total. The van der Waals surface area contributed by atoms with Crippen molar-refractivity contribution >= 4 is 5.91 Å². The maximum absolute atomic E-state index is 12.5. The van der Waals surface area contributed by atoms with Crippen molar-refractivity contribution in [1.29, 1.82) is 0 Å². The molecule has 104 valence electrons. The van der Waals surface area contributed by atoms with Gasteiger partial charge in [-0.25, -0.2) is 0 Å². The van der Waals surface area contributed by atoms with Crippen LogP contribution in [0, 0.1) is 35.5 Å². The van der Waals surface area contributed by atoms with Gasteiger partial charge in [0.05, 0.1) is 6.54 Å². The summed E-state index contributed by atoms with van der Waals surface area (Å²) < 4.78 is 0. The van der Waals surface area contributed by atoms with E-state index in [9.17, 15) is 4.79 Å². The lowest BCUT2D eigenvalue weighted by Crippen LogP contribution is -2.48. The summed E-state index contributed by atoms with van der Waals surface area (Å²) >= 11 is 0. The molecule has 2 heteroatoms. The largest absolute Gasteiger partial charge is 0.332 e. The molecule has 0 saturated heterocycles. The molecule has 4 fully saturated rings. The molecule has 19 heavy (non-hydrogen) atoms. The summed E-state index contributed by atoms with van der Waals surface area (Å²) in [7, 11) is 0. The minimum Gasteiger partial charge on any atom is -0.332 e. The lowest BCUT2D eigenvalue weighted by molar-refractivity contribution is -0.138. The summed E-state index contributed by atoms with van der Waals surface area (Å²) in [5.74, 6) is 5.66. The van der Waals surface area contributed by atoms with Gasteiger partial charge in [-0.2, -0.15) is 0 Å². The van der Waals surface area contributed by atoms with Crippen LogP contribution in [-0.2, 0) is 4.79 Å². The fourth-order valence-electron chi connectivity index (χ4n) is 5.43. The highest BCUT2D eigenvalue weighted by Crippen LogP contribution is 2.61. The zero-order valence-electron chi connectivity index (χ0n) is 12.0. The molecule has 0 aromatic heterocycles. The van der Waals surface area contributed by atoms with Crippen LogP contribution < -0.4 is 0 Å². The van der Waals surface area contributed by atoms with E-state index in [4.69, 9.17) is 6.42 Å². The van der Waals surface area contributed by atoms with Gasteiger partial charge in [0.25, 0.3) is 0 Å². The van der Waals surface area contributed by atoms with E-state index in [0.717, 1.165) is 30.7 Å². The molecule has 4 saturated carbocycles. The molecule has 4 aliphatic carbocycles. The fraction of sp³-hybridized carbons (Fsp3) is 0.824. The predicted molar refractivity (Wildman–Crippen MR) is 76.3 cm³/mol. The highest BCUT2D eigenvalue weighted by atomic mass is 16.2. The van der Waals surface area contributed by atoms with Gasteiger partial charge >= 0.3 is 0 Å². The first-order valence-corrected chi connectivity index (χ1v) is 7.85. The molecule has 0 unspecified atom stereocenters. The number of hydrogen-bond donors (Lipinski definition) is 0. The van der Waals surface area contributed by atoms with Gasteiger partial charge in [0.2, 0.25) is 5.91 Å². The molecule has 0 radical (unpaired) electrons. The van der Waals surface area contributed by atoms with E-state index >= 15 is 0 Å². The Hall–Kier alpha value is -0.970. The van der Waals surface area contributed by atoms with Crippen LogP contribution in [0.1, 0.15) is 51.9 Å². The average Bonchev–Trinajstić information content (AvgIpc) is 2.33. The molecule has 0 aliphatic heterocycles. The highest BCUT2D eigenvalue weighted by molar-refractivity contribution is 5.77. The second kappa shape index (κ2) is 4.85. The van der Waals surface area contributed by atoms with Gasteiger partial charge in [0, 0.05) is 13.0 Å². The molecule has 0 N–H and O–H groups in total. The second-order valence-electron chi connectivity index (χ2n) is 7.21. The number of rotatable bonds is 4. The van der Waals surface area contributed by atoms with E-state index in [-0.39, 0.29) is 0 Å². The third kappa shape index (κ3) is 2.40. The molecule has 4 aliphatic rings. The Morgan fingerprint density at radius 2 is 1.74 bits per heavy atom. The quantitative estimate of drug-likeness (QED) is 0.711. The van der Waals surface area contributed by atoms with Crippen LogP contribution in [0.2, 0.25) is 0 Å². The van der Waals surface area contributed by atoms with Gasteiger partial charge in [-0.3, -0.25) is 4.79 Å². The average molecular weight is 259 g/mol. The standard InChI is InChI=1S/C17H25NO/c1-3-5-18(4-2)16(19)12-17-9-13-6-14(10-17)8-15(7-13)11-17/h1,13-15H,4-12H2,2H3. The maximum atomic E-state index is 12.5. The van der Waals surface area contributed by atoms with Gasteiger partial charge in [-0.1, -0.05) is 5.92 Å². The molecule has 4 rings (SSSR count). The van der Waals surface area contributed by atoms with E-state index in [1.54, 1.807) is 0 Å². The van der Waals surface area contributed by atoms with Crippen LogP contribution in [0.4, 0.5) is 0 Å². The summed E-state index contributed by atoms with van der Waals surface area (Å²) in [6.07, 6.45) is 14.3. The number of carbonyl (C=O) groups is 1. The van der Waals surface area contributed by atoms with Gasteiger partial charge in [-0.05, 0) is 68.6 Å². The Balaban J connectivity index is 1.69. The first-order valence-electron chi connectivity index (χ1n) is 7.85. The van der Waals surface area contributed by atoms with E-state index in [2.05, 4.69) is 5.92 Å². The lowest BCUT2D eigenvalue weighted by atomic mass is 9.49. The minimum atomic E-state index is 0.294. The van der Waals surface area contributed by atoms with Gasteiger partial charge in [0.15, 0.2) is 0 Å². The summed E-state index contributed by atoms with van der Waals surface area (Å²) in [6, 6.07) is 0. The van der Waals surface area contributed by atoms with Crippen molar-refractivity contribution in [3.05, 3.63) is 0 Å². The first-order chi connectivity index (χ1) is 9.14. The van der Waals surface area contributed by atoms with Crippen molar-refractivity contribution in [1.82, 2.24) is 4.90 Å².